The molecule has 2 aromatic rings. The maximum absolute atomic E-state index is 12.2. The molecule has 100 valence electrons. The molecule has 0 bridgehead atoms. The molecule has 1 amide bonds. The third kappa shape index (κ3) is 3.32. The number of amides is 1. The average molecular weight is 275 g/mol. The monoisotopic (exact) mass is 275 g/mol. The van der Waals surface area contributed by atoms with Crippen molar-refractivity contribution in [2.45, 2.75) is 20.4 Å². The Morgan fingerprint density at radius 1 is 1.42 bits per heavy atom. The number of carbonyl (C=O) groups excluding carboxylic acids is 1. The normalized spacial score (nSPS) is 10.2. The summed E-state index contributed by atoms with van der Waals surface area (Å²) < 4.78 is 0. The molecular weight excluding hydrogens is 258 g/mol. The van der Waals surface area contributed by atoms with E-state index in [1.165, 1.54) is 5.56 Å². The molecule has 0 unspecified atom stereocenters. The minimum atomic E-state index is -0.102. The Morgan fingerprint density at radius 2 is 2.26 bits per heavy atom. The molecule has 0 spiro atoms. The third-order valence-electron chi connectivity index (χ3n) is 2.83. The van der Waals surface area contributed by atoms with Crippen LogP contribution in [-0.2, 0) is 6.54 Å². The van der Waals surface area contributed by atoms with Crippen molar-refractivity contribution in [1.29, 1.82) is 0 Å². The number of aryl methyl sites for hydroxylation is 1. The van der Waals surface area contributed by atoms with Crippen LogP contribution in [0.2, 0.25) is 0 Å². The zero-order valence-electron chi connectivity index (χ0n) is 11.1. The minimum absolute atomic E-state index is 0.102. The van der Waals surface area contributed by atoms with E-state index >= 15 is 0 Å². The van der Waals surface area contributed by atoms with Gasteiger partial charge in [0, 0.05) is 25.5 Å². The molecule has 0 saturated carbocycles. The maximum Gasteiger partial charge on any atom is 0.255 e. The smallest absolute Gasteiger partial charge is 0.255 e. The fraction of sp³-hybridized carbons (Fsp3) is 0.286. The summed E-state index contributed by atoms with van der Waals surface area (Å²) in [6, 6.07) is 1.81. The third-order valence-corrected chi connectivity index (χ3v) is 3.74. The van der Waals surface area contributed by atoms with E-state index in [4.69, 9.17) is 0 Å². The first kappa shape index (κ1) is 13.5. The second kappa shape index (κ2) is 6.33. The molecule has 2 N–H and O–H groups in total. The van der Waals surface area contributed by atoms with Crippen LogP contribution in [0.5, 0.6) is 0 Å². The summed E-state index contributed by atoms with van der Waals surface area (Å²) in [4.78, 5) is 16.2. The van der Waals surface area contributed by atoms with Crippen molar-refractivity contribution in [3.63, 3.8) is 0 Å². The number of carbonyl (C=O) groups is 1. The van der Waals surface area contributed by atoms with Gasteiger partial charge in [-0.05, 0) is 41.8 Å². The predicted octanol–water partition coefficient (Wildman–Crippen LogP) is 2.81. The van der Waals surface area contributed by atoms with Gasteiger partial charge in [-0.1, -0.05) is 0 Å². The van der Waals surface area contributed by atoms with Crippen LogP contribution in [0, 0.1) is 6.92 Å². The molecule has 0 aliphatic rings. The van der Waals surface area contributed by atoms with E-state index in [1.54, 1.807) is 23.7 Å². The van der Waals surface area contributed by atoms with Gasteiger partial charge in [-0.3, -0.25) is 9.78 Å². The highest BCUT2D eigenvalue weighted by atomic mass is 32.1. The van der Waals surface area contributed by atoms with Crippen LogP contribution in [0.15, 0.2) is 29.2 Å². The number of hydrogen-bond donors (Lipinski definition) is 2. The molecule has 2 rings (SSSR count). The van der Waals surface area contributed by atoms with E-state index in [1.807, 2.05) is 19.9 Å². The SMILES string of the molecule is CCNc1ccncc1C(=O)NCc1cscc1C. The van der Waals surface area contributed by atoms with Crippen LogP contribution in [0.4, 0.5) is 5.69 Å². The van der Waals surface area contributed by atoms with Gasteiger partial charge in [0.1, 0.15) is 0 Å². The van der Waals surface area contributed by atoms with Gasteiger partial charge < -0.3 is 10.6 Å². The van der Waals surface area contributed by atoms with Crippen LogP contribution < -0.4 is 10.6 Å². The molecule has 0 aliphatic heterocycles. The summed E-state index contributed by atoms with van der Waals surface area (Å²) in [5, 5.41) is 10.2. The Hall–Kier alpha value is -1.88. The van der Waals surface area contributed by atoms with Gasteiger partial charge >= 0.3 is 0 Å². The van der Waals surface area contributed by atoms with Crippen molar-refractivity contribution in [2.24, 2.45) is 0 Å². The van der Waals surface area contributed by atoms with Gasteiger partial charge in [0.15, 0.2) is 0 Å². The molecule has 0 aromatic carbocycles. The van der Waals surface area contributed by atoms with Gasteiger partial charge in [0.05, 0.1) is 11.3 Å². The molecule has 0 atom stereocenters. The van der Waals surface area contributed by atoms with Crippen molar-refractivity contribution >= 4 is 22.9 Å². The number of anilines is 1. The van der Waals surface area contributed by atoms with Crippen molar-refractivity contribution in [2.75, 3.05) is 11.9 Å². The number of aromatic nitrogens is 1. The highest BCUT2D eigenvalue weighted by molar-refractivity contribution is 7.08. The lowest BCUT2D eigenvalue weighted by Gasteiger charge is -2.10. The average Bonchev–Trinajstić information content (AvgIpc) is 2.82. The Bertz CT molecular complexity index is 565. The summed E-state index contributed by atoms with van der Waals surface area (Å²) in [6.45, 7) is 5.37. The van der Waals surface area contributed by atoms with Gasteiger partial charge in [0.2, 0.25) is 0 Å². The van der Waals surface area contributed by atoms with E-state index in [-0.39, 0.29) is 5.91 Å². The second-order valence-electron chi connectivity index (χ2n) is 4.21. The van der Waals surface area contributed by atoms with Crippen molar-refractivity contribution in [3.8, 4) is 0 Å². The molecule has 5 heteroatoms. The van der Waals surface area contributed by atoms with Gasteiger partial charge in [0.25, 0.3) is 5.91 Å². The number of rotatable bonds is 5. The highest BCUT2D eigenvalue weighted by Gasteiger charge is 2.11. The summed E-state index contributed by atoms with van der Waals surface area (Å²) in [5.41, 5.74) is 3.77. The number of hydrogen-bond acceptors (Lipinski definition) is 4. The molecule has 0 fully saturated rings. The molecular formula is C14H17N3OS. The standard InChI is InChI=1S/C14H17N3OS/c1-3-16-13-4-5-15-7-12(13)14(18)17-6-11-9-19-8-10(11)2/h4-5,7-9H,3,6H2,1-2H3,(H,15,16)(H,17,18). The topological polar surface area (TPSA) is 54.0 Å². The fourth-order valence-corrected chi connectivity index (χ4v) is 2.62. The Kier molecular flexibility index (Phi) is 4.52. The van der Waals surface area contributed by atoms with Crippen molar-refractivity contribution in [3.05, 3.63) is 45.9 Å². The zero-order valence-corrected chi connectivity index (χ0v) is 11.9. The molecule has 4 nitrogen and oxygen atoms in total. The number of thiophene rings is 1. The zero-order chi connectivity index (χ0) is 13.7. The van der Waals surface area contributed by atoms with Crippen LogP contribution in [-0.4, -0.2) is 17.4 Å². The quantitative estimate of drug-likeness (QED) is 0.882. The molecule has 19 heavy (non-hydrogen) atoms. The minimum Gasteiger partial charge on any atom is -0.385 e. The van der Waals surface area contributed by atoms with E-state index in [0.29, 0.717) is 12.1 Å². The van der Waals surface area contributed by atoms with E-state index in [0.717, 1.165) is 17.8 Å². The Balaban J connectivity index is 2.06. The lowest BCUT2D eigenvalue weighted by atomic mass is 10.2. The summed E-state index contributed by atoms with van der Waals surface area (Å²) in [7, 11) is 0. The number of nitrogens with one attached hydrogen (secondary N) is 2. The fourth-order valence-electron chi connectivity index (χ4n) is 1.76. The first-order chi connectivity index (χ1) is 9.22. The lowest BCUT2D eigenvalue weighted by Crippen LogP contribution is -2.24. The number of pyridine rings is 1. The van der Waals surface area contributed by atoms with Crippen LogP contribution in [0.25, 0.3) is 0 Å². The van der Waals surface area contributed by atoms with Gasteiger partial charge in [-0.15, -0.1) is 0 Å². The Labute approximate surface area is 116 Å². The first-order valence-electron chi connectivity index (χ1n) is 6.20. The van der Waals surface area contributed by atoms with Gasteiger partial charge in [-0.2, -0.15) is 11.3 Å². The van der Waals surface area contributed by atoms with Crippen molar-refractivity contribution < 1.29 is 4.79 Å². The lowest BCUT2D eigenvalue weighted by molar-refractivity contribution is 0.0951. The number of nitrogens with zero attached hydrogens (tertiary/aromatic N) is 1. The summed E-state index contributed by atoms with van der Waals surface area (Å²) in [6.07, 6.45) is 3.27. The van der Waals surface area contributed by atoms with Crippen LogP contribution >= 0.6 is 11.3 Å². The van der Waals surface area contributed by atoms with E-state index < -0.39 is 0 Å². The van der Waals surface area contributed by atoms with Crippen molar-refractivity contribution in [1.82, 2.24) is 10.3 Å². The summed E-state index contributed by atoms with van der Waals surface area (Å²) in [5.74, 6) is -0.102. The first-order valence-corrected chi connectivity index (χ1v) is 7.14. The molecule has 0 aliphatic carbocycles. The summed E-state index contributed by atoms with van der Waals surface area (Å²) >= 11 is 1.65. The van der Waals surface area contributed by atoms with E-state index in [2.05, 4.69) is 26.4 Å². The van der Waals surface area contributed by atoms with Gasteiger partial charge in [-0.25, -0.2) is 0 Å². The maximum atomic E-state index is 12.2. The largest absolute Gasteiger partial charge is 0.385 e. The highest BCUT2D eigenvalue weighted by Crippen LogP contribution is 2.15. The molecule has 0 radical (unpaired) electrons. The van der Waals surface area contributed by atoms with Crippen LogP contribution in [0.3, 0.4) is 0 Å². The predicted molar refractivity (Wildman–Crippen MR) is 78.6 cm³/mol. The Morgan fingerprint density at radius 3 is 2.95 bits per heavy atom. The molecule has 0 saturated heterocycles. The molecule has 2 aromatic heterocycles. The van der Waals surface area contributed by atoms with E-state index in [9.17, 15) is 4.79 Å². The molecule has 2 heterocycles. The second-order valence-corrected chi connectivity index (χ2v) is 4.96. The van der Waals surface area contributed by atoms with Crippen LogP contribution in [0.1, 0.15) is 28.4 Å².